The van der Waals surface area contributed by atoms with E-state index in [4.69, 9.17) is 0 Å². The minimum atomic E-state index is -1.73. The molecular weight excluding hydrogens is 218 g/mol. The maximum absolute atomic E-state index is 11.4. The summed E-state index contributed by atoms with van der Waals surface area (Å²) in [7, 11) is 0. The van der Waals surface area contributed by atoms with E-state index in [-0.39, 0.29) is 22.1 Å². The summed E-state index contributed by atoms with van der Waals surface area (Å²) in [6, 6.07) is 4.28. The van der Waals surface area contributed by atoms with Gasteiger partial charge in [-0.15, -0.1) is 0 Å². The lowest BCUT2D eigenvalue weighted by molar-refractivity contribution is -0.488. The molecule has 86 valence electrons. The lowest BCUT2D eigenvalue weighted by Crippen LogP contribution is -2.31. The van der Waals surface area contributed by atoms with Gasteiger partial charge in [-0.25, -0.2) is 0 Å². The summed E-state index contributed by atoms with van der Waals surface area (Å²) < 4.78 is 0. The molecule has 0 saturated heterocycles. The molecule has 1 aromatic rings. The van der Waals surface area contributed by atoms with Gasteiger partial charge in [-0.3, -0.25) is 19.7 Å². The molecule has 1 aromatic carbocycles. The fourth-order valence-corrected chi connectivity index (χ4v) is 1.52. The predicted octanol–water partition coefficient (Wildman–Crippen LogP) is -0.939. The number of hydrogen-bond acceptors (Lipinski definition) is 4. The van der Waals surface area contributed by atoms with Gasteiger partial charge in [-0.1, -0.05) is 24.3 Å². The van der Waals surface area contributed by atoms with E-state index in [1.807, 2.05) is 0 Å². The van der Waals surface area contributed by atoms with E-state index in [0.717, 1.165) is 0 Å². The van der Waals surface area contributed by atoms with Crippen molar-refractivity contribution in [1.82, 2.24) is 0 Å². The number of benzene rings is 1. The van der Waals surface area contributed by atoms with E-state index in [9.17, 15) is 19.7 Å². The molecule has 7 nitrogen and oxygen atoms in total. The molecule has 0 unspecified atom stereocenters. The van der Waals surface area contributed by atoms with Crippen molar-refractivity contribution in [3.8, 4) is 0 Å². The van der Waals surface area contributed by atoms with Crippen molar-refractivity contribution in [3.63, 3.8) is 0 Å². The Kier molecular flexibility index (Phi) is 3.99. The van der Waals surface area contributed by atoms with Gasteiger partial charge in [0.2, 0.25) is 11.6 Å². The highest BCUT2D eigenvalue weighted by molar-refractivity contribution is 6.28. The summed E-state index contributed by atoms with van der Waals surface area (Å²) in [6.07, 6.45) is 0. The Morgan fingerprint density at radius 2 is 1.38 bits per heavy atom. The van der Waals surface area contributed by atoms with Crippen LogP contribution in [0.1, 0.15) is 20.7 Å². The standard InChI is InChI=1S/C9H5NO4.2H2O/c11-8-5-3-1-2-4-6(5)9(12)7(8)10(13)14;;/h1-4,7H;2*1H2. The van der Waals surface area contributed by atoms with Crippen LogP contribution in [-0.2, 0) is 0 Å². The molecule has 1 aliphatic carbocycles. The summed E-state index contributed by atoms with van der Waals surface area (Å²) in [5, 5.41) is 10.5. The number of ketones is 2. The van der Waals surface area contributed by atoms with E-state index in [2.05, 4.69) is 0 Å². The van der Waals surface area contributed by atoms with E-state index >= 15 is 0 Å². The van der Waals surface area contributed by atoms with Crippen LogP contribution in [0.3, 0.4) is 0 Å². The fourth-order valence-electron chi connectivity index (χ4n) is 1.52. The van der Waals surface area contributed by atoms with Gasteiger partial charge in [0.05, 0.1) is 0 Å². The van der Waals surface area contributed by atoms with Crippen molar-refractivity contribution in [1.29, 1.82) is 0 Å². The average molecular weight is 227 g/mol. The Balaban J connectivity index is 0.00000112. The van der Waals surface area contributed by atoms with E-state index in [1.54, 1.807) is 12.1 Å². The average Bonchev–Trinajstić information content (AvgIpc) is 2.41. The SMILES string of the molecule is O.O.O=C1c2ccccc2C(=O)C1[N+](=O)[O-]. The molecule has 7 heteroatoms. The van der Waals surface area contributed by atoms with Gasteiger partial charge in [0, 0.05) is 16.1 Å². The first-order chi connectivity index (χ1) is 6.63. The second-order valence-corrected chi connectivity index (χ2v) is 2.96. The number of hydrogen-bond donors (Lipinski definition) is 0. The van der Waals surface area contributed by atoms with Crippen molar-refractivity contribution in [2.45, 2.75) is 6.04 Å². The molecule has 0 atom stereocenters. The van der Waals surface area contributed by atoms with Crippen LogP contribution in [0.25, 0.3) is 0 Å². The smallest absolute Gasteiger partial charge is 0.336 e. The van der Waals surface area contributed by atoms with Crippen LogP contribution in [0.15, 0.2) is 24.3 Å². The zero-order valence-corrected chi connectivity index (χ0v) is 7.97. The Hall–Kier alpha value is -2.12. The van der Waals surface area contributed by atoms with E-state index in [1.165, 1.54) is 12.1 Å². The van der Waals surface area contributed by atoms with Crippen molar-refractivity contribution in [2.75, 3.05) is 0 Å². The van der Waals surface area contributed by atoms with E-state index in [0.29, 0.717) is 0 Å². The van der Waals surface area contributed by atoms with Crippen molar-refractivity contribution in [3.05, 3.63) is 45.5 Å². The molecular formula is C9H9NO6. The van der Waals surface area contributed by atoms with Crippen LogP contribution >= 0.6 is 0 Å². The van der Waals surface area contributed by atoms with Crippen LogP contribution in [0.4, 0.5) is 0 Å². The molecule has 0 aliphatic heterocycles. The summed E-state index contributed by atoms with van der Waals surface area (Å²) in [5.41, 5.74) is 0.304. The highest BCUT2D eigenvalue weighted by Gasteiger charge is 2.47. The van der Waals surface area contributed by atoms with Gasteiger partial charge >= 0.3 is 6.04 Å². The molecule has 0 aromatic heterocycles. The molecule has 0 saturated carbocycles. The summed E-state index contributed by atoms with van der Waals surface area (Å²) in [4.78, 5) is 32.4. The van der Waals surface area contributed by atoms with Crippen molar-refractivity contribution in [2.24, 2.45) is 0 Å². The first kappa shape index (κ1) is 13.9. The monoisotopic (exact) mass is 227 g/mol. The highest BCUT2D eigenvalue weighted by atomic mass is 16.6. The zero-order valence-electron chi connectivity index (χ0n) is 7.97. The normalized spacial score (nSPS) is 13.8. The lowest BCUT2D eigenvalue weighted by atomic mass is 10.1. The Morgan fingerprint density at radius 1 is 1.00 bits per heavy atom. The maximum Gasteiger partial charge on any atom is 0.336 e. The highest BCUT2D eigenvalue weighted by Crippen LogP contribution is 2.23. The zero-order chi connectivity index (χ0) is 10.3. The Labute approximate surface area is 89.5 Å². The first-order valence-electron chi connectivity index (χ1n) is 3.94. The van der Waals surface area contributed by atoms with Gasteiger partial charge < -0.3 is 11.0 Å². The predicted molar refractivity (Wildman–Crippen MR) is 53.1 cm³/mol. The minimum absolute atomic E-state index is 0. The summed E-state index contributed by atoms with van der Waals surface area (Å²) >= 11 is 0. The minimum Gasteiger partial charge on any atom is -0.412 e. The molecule has 0 bridgehead atoms. The van der Waals surface area contributed by atoms with Gasteiger partial charge in [-0.2, -0.15) is 0 Å². The number of nitro groups is 1. The third-order valence-electron chi connectivity index (χ3n) is 2.17. The molecule has 4 N–H and O–H groups in total. The summed E-state index contributed by atoms with van der Waals surface area (Å²) in [6.45, 7) is 0. The topological polar surface area (TPSA) is 140 Å². The van der Waals surface area contributed by atoms with Crippen molar-refractivity contribution < 1.29 is 25.5 Å². The van der Waals surface area contributed by atoms with Crippen LogP contribution in [-0.4, -0.2) is 33.5 Å². The number of fused-ring (bicyclic) bond motifs is 1. The molecule has 0 amide bonds. The maximum atomic E-state index is 11.4. The molecule has 1 aliphatic rings. The third kappa shape index (κ3) is 1.69. The van der Waals surface area contributed by atoms with E-state index < -0.39 is 22.5 Å². The molecule has 2 rings (SSSR count). The van der Waals surface area contributed by atoms with Crippen LogP contribution in [0.5, 0.6) is 0 Å². The van der Waals surface area contributed by atoms with Crippen LogP contribution < -0.4 is 0 Å². The quantitative estimate of drug-likeness (QED) is 0.346. The molecule has 16 heavy (non-hydrogen) atoms. The number of nitrogens with zero attached hydrogens (tertiary/aromatic N) is 1. The lowest BCUT2D eigenvalue weighted by Gasteiger charge is -1.94. The summed E-state index contributed by atoms with van der Waals surface area (Å²) in [5.74, 6) is -1.42. The van der Waals surface area contributed by atoms with Gasteiger partial charge in [0.1, 0.15) is 0 Å². The number of Topliss-reactive ketones (excluding diaryl/α,β-unsaturated/α-hetero) is 2. The number of carbonyl (C=O) groups is 2. The van der Waals surface area contributed by atoms with Crippen LogP contribution in [0, 0.1) is 10.1 Å². The third-order valence-corrected chi connectivity index (χ3v) is 2.17. The molecule has 0 radical (unpaired) electrons. The first-order valence-corrected chi connectivity index (χ1v) is 3.94. The fraction of sp³-hybridized carbons (Fsp3) is 0.111. The second-order valence-electron chi connectivity index (χ2n) is 2.96. The molecule has 0 heterocycles. The number of rotatable bonds is 1. The Bertz CT molecular complexity index is 420. The van der Waals surface area contributed by atoms with Gasteiger partial charge in [-0.05, 0) is 0 Å². The van der Waals surface area contributed by atoms with Crippen LogP contribution in [0.2, 0.25) is 0 Å². The second kappa shape index (κ2) is 4.60. The van der Waals surface area contributed by atoms with Crippen molar-refractivity contribution >= 4 is 11.6 Å². The molecule has 0 spiro atoms. The largest absolute Gasteiger partial charge is 0.412 e. The van der Waals surface area contributed by atoms with Gasteiger partial charge in [0.25, 0.3) is 0 Å². The molecule has 0 fully saturated rings. The van der Waals surface area contributed by atoms with Gasteiger partial charge in [0.15, 0.2) is 0 Å². The Morgan fingerprint density at radius 3 is 1.69 bits per heavy atom. The number of carbonyl (C=O) groups excluding carboxylic acids is 2.